The van der Waals surface area contributed by atoms with Crippen LogP contribution in [0.25, 0.3) is 54.5 Å². The summed E-state index contributed by atoms with van der Waals surface area (Å²) < 4.78 is 76.7. The summed E-state index contributed by atoms with van der Waals surface area (Å²) in [6.45, 7) is 27.2. The van der Waals surface area contributed by atoms with E-state index in [-0.39, 0.29) is 97.4 Å². The molecule has 7 heterocycles. The van der Waals surface area contributed by atoms with Crippen molar-refractivity contribution in [3.8, 4) is 27.5 Å². The van der Waals surface area contributed by atoms with Crippen LogP contribution in [0.5, 0.6) is 0 Å². The SMILES string of the molecule is CC(=O)OC[C@@H](OC(C)=O)[C@@H](C)[C@H](Cn1c(=O)c(C#N)nc2cc(C)c(C)cc21)OC(C)=O.CCOC(=O)C(N)=O.CCOC(=O)c1nsc(-c2nc3cc(C)c(C)cc3n(C[C@H](OC(C)=O)[C@H](C)[C@@H](COC(C)=O)OC(C)=O)c2=O)n1.CCOC(=O)c1nsc(=O)o1.CCOC(=O)c1nsc(=O)o1.Cc1cc2nc(-c3nc(C(=O)O)ns3)c(=O)n(C[C@H](O)[C@H](O)[C@H](O)CO)c2cc1C.O=C(Cl)SCl. The summed E-state index contributed by atoms with van der Waals surface area (Å²) in [5.74, 6) is -11.7. The molecule has 9 atom stereocenters. The number of nitriles is 1. The number of aryl methyl sites for hydroxylation is 6. The minimum atomic E-state index is -1.69. The Hall–Kier alpha value is -13.5. The van der Waals surface area contributed by atoms with Crippen LogP contribution in [-0.4, -0.2) is 247 Å². The van der Waals surface area contributed by atoms with Crippen molar-refractivity contribution < 1.29 is 144 Å². The molecule has 0 bridgehead atoms. The number of carboxylic acid groups (broad SMARTS) is 1. The van der Waals surface area contributed by atoms with Crippen LogP contribution in [0.4, 0.5) is 4.79 Å². The van der Waals surface area contributed by atoms with Gasteiger partial charge in [-0.05, 0) is 184 Å². The molecule has 0 saturated carbocycles. The number of carbonyl (C=O) groups is 13. The van der Waals surface area contributed by atoms with Gasteiger partial charge in [-0.2, -0.15) is 14.0 Å². The third-order valence-electron chi connectivity index (χ3n) is 18.5. The van der Waals surface area contributed by atoms with Gasteiger partial charge >= 0.3 is 93.2 Å². The van der Waals surface area contributed by atoms with Gasteiger partial charge < -0.3 is 101 Å². The summed E-state index contributed by atoms with van der Waals surface area (Å²) in [6, 6.07) is 12.4. The van der Waals surface area contributed by atoms with Crippen LogP contribution >= 0.6 is 79.4 Å². The molecule has 752 valence electrons. The second kappa shape index (κ2) is 57.0. The molecule has 3 aromatic carbocycles. The van der Waals surface area contributed by atoms with Crippen LogP contribution in [0, 0.1) is 64.7 Å². The van der Waals surface area contributed by atoms with Gasteiger partial charge in [0.25, 0.3) is 32.9 Å². The van der Waals surface area contributed by atoms with E-state index in [4.69, 9.17) is 54.1 Å². The van der Waals surface area contributed by atoms with Crippen LogP contribution in [0.15, 0.2) is 69.2 Å². The maximum absolute atomic E-state index is 13.9. The molecule has 0 radical (unpaired) electrons. The van der Waals surface area contributed by atoms with Crippen LogP contribution < -0.4 is 32.3 Å². The van der Waals surface area contributed by atoms with Crippen molar-refractivity contribution >= 4 is 189 Å². The number of carbonyl (C=O) groups excluding carboxylic acids is 12. The van der Waals surface area contributed by atoms with Crippen molar-refractivity contribution in [2.75, 3.05) is 46.2 Å². The molecule has 10 aromatic rings. The number of fused-ring (bicyclic) bond motifs is 3. The number of hydrogen-bond acceptors (Lipinski definition) is 49. The Bertz CT molecular complexity index is 6400. The lowest BCUT2D eigenvalue weighted by molar-refractivity contribution is -0.168. The van der Waals surface area contributed by atoms with E-state index in [0.29, 0.717) is 78.7 Å². The number of aromatic carboxylic acids is 1. The van der Waals surface area contributed by atoms with Gasteiger partial charge in [0.05, 0.1) is 109 Å². The number of nitrogens with zero attached hydrogens (tertiary/aromatic N) is 13. The second-order valence-corrected chi connectivity index (χ2v) is 33.1. The molecule has 7 N–H and O–H groups in total. The molecule has 49 nitrogen and oxygen atoms in total. The monoisotopic (exact) mass is 2080 g/mol. The summed E-state index contributed by atoms with van der Waals surface area (Å²) in [6.07, 6.45) is -8.70. The highest BCUT2D eigenvalue weighted by Crippen LogP contribution is 2.29. The van der Waals surface area contributed by atoms with Gasteiger partial charge in [-0.3, -0.25) is 52.7 Å². The number of esters is 10. The molecule has 56 heteroatoms. The number of aliphatic hydroxyl groups excluding tert-OH is 4. The molecule has 0 unspecified atom stereocenters. The minimum absolute atomic E-state index is 0.00305. The predicted octanol–water partition coefficient (Wildman–Crippen LogP) is 5.84. The first-order valence-electron chi connectivity index (χ1n) is 40.7. The molecule has 0 saturated heterocycles. The normalized spacial score (nSPS) is 12.5. The number of benzene rings is 3. The molecule has 0 fully saturated rings. The van der Waals surface area contributed by atoms with Crippen LogP contribution in [-0.2, 0) is 105 Å². The van der Waals surface area contributed by atoms with E-state index in [1.807, 2.05) is 53.7 Å². The number of amides is 1. The van der Waals surface area contributed by atoms with E-state index in [2.05, 4.69) is 82.8 Å². The number of halogens is 2. The summed E-state index contributed by atoms with van der Waals surface area (Å²) in [4.78, 5) is 225. The first kappa shape index (κ1) is 118. The average Bonchev–Trinajstić information content (AvgIpc) is 1.75. The zero-order chi connectivity index (χ0) is 105. The van der Waals surface area contributed by atoms with Crippen molar-refractivity contribution in [3.05, 3.63) is 149 Å². The van der Waals surface area contributed by atoms with Crippen molar-refractivity contribution in [3.63, 3.8) is 0 Å². The largest absolute Gasteiger partial charge is 0.475 e. The number of ether oxygens (including phenoxy) is 10. The Kier molecular flexibility index (Phi) is 48.3. The summed E-state index contributed by atoms with van der Waals surface area (Å²) in [7, 11) is 5.25. The number of hydrogen-bond donors (Lipinski definition) is 6. The molecule has 0 spiro atoms. The number of primary amides is 1. The molecule has 139 heavy (non-hydrogen) atoms. The van der Waals surface area contributed by atoms with E-state index in [0.717, 1.165) is 44.9 Å². The van der Waals surface area contributed by atoms with Crippen LogP contribution in [0.1, 0.15) is 165 Å². The lowest BCUT2D eigenvalue weighted by Gasteiger charge is -2.30. The Labute approximate surface area is 816 Å². The van der Waals surface area contributed by atoms with Gasteiger partial charge in [-0.15, -0.1) is 8.75 Å². The molecular formula is C83H96Cl2N14O35S5. The number of nitrogens with two attached hydrogens (primary N) is 1. The van der Waals surface area contributed by atoms with Gasteiger partial charge in [0.1, 0.15) is 62.0 Å². The molecular weight excluding hydrogens is 1980 g/mol. The molecule has 7 aromatic heterocycles. The minimum Gasteiger partial charge on any atom is -0.475 e. The number of carboxylic acids is 1. The highest BCUT2D eigenvalue weighted by molar-refractivity contribution is 8.34. The fourth-order valence-corrected chi connectivity index (χ4v) is 13.5. The van der Waals surface area contributed by atoms with Crippen molar-refractivity contribution in [2.24, 2.45) is 17.6 Å². The summed E-state index contributed by atoms with van der Waals surface area (Å²) >= 11 is 7.35. The van der Waals surface area contributed by atoms with Gasteiger partial charge in [0, 0.05) is 64.4 Å². The first-order valence-corrected chi connectivity index (χ1v) is 45.8. The topological polar surface area (TPSA) is 708 Å². The van der Waals surface area contributed by atoms with Crippen LogP contribution in [0.2, 0.25) is 0 Å². The second-order valence-electron chi connectivity index (χ2n) is 28.6. The third-order valence-corrected chi connectivity index (χ3v) is 21.9. The van der Waals surface area contributed by atoms with E-state index < -0.39 is 176 Å². The maximum atomic E-state index is 13.9. The Morgan fingerprint density at radius 1 is 0.468 bits per heavy atom. The molecule has 10 rings (SSSR count). The van der Waals surface area contributed by atoms with Crippen molar-refractivity contribution in [1.82, 2.24) is 56.1 Å². The lowest BCUT2D eigenvalue weighted by atomic mass is 9.97. The maximum Gasteiger partial charge on any atom is 0.414 e. The van der Waals surface area contributed by atoms with E-state index in [1.54, 1.807) is 71.9 Å². The number of aromatic nitrogens is 12. The van der Waals surface area contributed by atoms with E-state index in [1.165, 1.54) is 55.2 Å². The fourth-order valence-electron chi connectivity index (χ4n) is 11.5. The Balaban J connectivity index is 0.000000372. The highest BCUT2D eigenvalue weighted by Gasteiger charge is 2.36. The average molecular weight is 2080 g/mol. The highest BCUT2D eigenvalue weighted by atomic mass is 35.7. The van der Waals surface area contributed by atoms with E-state index in [9.17, 15) is 107 Å². The summed E-state index contributed by atoms with van der Waals surface area (Å²) in [5, 5.41) is 57.4. The first-order chi connectivity index (χ1) is 65.3. The molecule has 0 aliphatic heterocycles. The number of aliphatic hydroxyl groups is 4. The molecule has 0 aliphatic rings. The van der Waals surface area contributed by atoms with Gasteiger partial charge in [-0.1, -0.05) is 13.8 Å². The fraction of sp³-hybridized carbons (Fsp3) is 0.446. The van der Waals surface area contributed by atoms with Gasteiger partial charge in [-0.25, -0.2) is 58.5 Å². The molecule has 0 aliphatic carbocycles. The van der Waals surface area contributed by atoms with Gasteiger partial charge in [0.15, 0.2) is 21.4 Å². The molecule has 1 amide bonds. The van der Waals surface area contributed by atoms with Crippen molar-refractivity contribution in [1.29, 1.82) is 5.26 Å². The summed E-state index contributed by atoms with van der Waals surface area (Å²) in [5.41, 5.74) is 10.1. The third kappa shape index (κ3) is 36.4. The zero-order valence-corrected chi connectivity index (χ0v) is 83.0. The van der Waals surface area contributed by atoms with Crippen molar-refractivity contribution in [2.45, 2.75) is 187 Å². The zero-order valence-electron chi connectivity index (χ0n) is 77.4. The standard InChI is InChI=1S/C27H32N4O9S.C23H27N3O7.C18H20N4O7S.2C5H5NO4S.C4H7NO3.CCl2OS/c1-8-37-27(36)24-29-25(41-30-24)23-26(35)31(20-10-14(3)13(2)9-19(20)28-23)11-21(39-17(6)33)15(4)22(40-18(7)34)12-38-16(5)32;1-12-7-18-20(8-13(12)2)26(23(30)19(9-24)25-18)10-21(32-16(5)28)14(3)22(33-17(6)29)11-31-15(4)27;1-7-3-9-10(4-8(7)2)22(5-11(24)14(26)12(25)6-23)17(27)13(19-9)16-20-15(18(28)29)21-30-16;2*1-2-9-4(7)3-6-11-5(8)10-3;1-2-8-4(7)3(5)6;2-1(4)5-3/h9-10,15,21-22H,8,11-12H2,1-7H3;7-8,14,21-22H,10-11H2,1-6H3;3-4,11-12,14,23-26H,5-6H2,1-2H3,(H,28,29);2*2H2,1H3;2H2,1H3,(H2,5,6);/t15-,21-,22+;14-,21-,22+;11-,12+,14-;;;;/m000..../s1. The quantitative estimate of drug-likeness (QED) is 0.0129. The lowest BCUT2D eigenvalue weighted by Crippen LogP contribution is -2.43. The van der Waals surface area contributed by atoms with Crippen LogP contribution in [0.3, 0.4) is 0 Å². The predicted molar refractivity (Wildman–Crippen MR) is 495 cm³/mol. The van der Waals surface area contributed by atoms with E-state index >= 15 is 0 Å². The smallest absolute Gasteiger partial charge is 0.414 e. The van der Waals surface area contributed by atoms with Gasteiger partial charge in [0.2, 0.25) is 5.69 Å². The Morgan fingerprint density at radius 3 is 1.12 bits per heavy atom. The number of rotatable bonds is 31. The Morgan fingerprint density at radius 2 is 0.806 bits per heavy atom.